The van der Waals surface area contributed by atoms with Crippen LogP contribution in [0.1, 0.15) is 11.1 Å². The van der Waals surface area contributed by atoms with Gasteiger partial charge in [0.2, 0.25) is 9.70 Å². The number of hydrogen-bond donors (Lipinski definition) is 3. The van der Waals surface area contributed by atoms with Crippen LogP contribution in [0.5, 0.6) is 0 Å². The van der Waals surface area contributed by atoms with Crippen molar-refractivity contribution < 1.29 is 14.3 Å². The van der Waals surface area contributed by atoms with Crippen LogP contribution in [0, 0.1) is 0 Å². The van der Waals surface area contributed by atoms with Crippen LogP contribution in [0.2, 0.25) is 0 Å². The summed E-state index contributed by atoms with van der Waals surface area (Å²) >= 11 is 19.8. The number of thioether (sulfide) groups is 1. The van der Waals surface area contributed by atoms with Crippen LogP contribution in [0.25, 0.3) is 17.0 Å². The van der Waals surface area contributed by atoms with Gasteiger partial charge in [-0.25, -0.2) is 4.99 Å². The zero-order chi connectivity index (χ0) is 30.7. The van der Waals surface area contributed by atoms with E-state index in [0.29, 0.717) is 17.6 Å². The first-order chi connectivity index (χ1) is 20.7. The van der Waals surface area contributed by atoms with Gasteiger partial charge in [0.25, 0.3) is 0 Å². The Kier molecular flexibility index (Phi) is 11.8. The maximum Gasteiger partial charge on any atom is 0.324 e. The molecule has 2 atom stereocenters. The van der Waals surface area contributed by atoms with E-state index in [4.69, 9.17) is 45.3 Å². The van der Waals surface area contributed by atoms with E-state index in [2.05, 4.69) is 20.6 Å². The van der Waals surface area contributed by atoms with E-state index in [1.54, 1.807) is 18.3 Å². The molecule has 1 aromatic heterocycles. The Morgan fingerprint density at radius 2 is 1.65 bits per heavy atom. The summed E-state index contributed by atoms with van der Waals surface area (Å²) in [6.07, 6.45) is 3.73. The van der Waals surface area contributed by atoms with Crippen molar-refractivity contribution in [2.75, 3.05) is 5.94 Å². The van der Waals surface area contributed by atoms with Gasteiger partial charge in [0.15, 0.2) is 5.17 Å². The molecule has 0 aliphatic rings. The number of para-hydroxylation sites is 1. The summed E-state index contributed by atoms with van der Waals surface area (Å²) in [6.45, 7) is 0. The highest BCUT2D eigenvalue weighted by Gasteiger charge is 2.35. The Morgan fingerprint density at radius 3 is 2.37 bits per heavy atom. The van der Waals surface area contributed by atoms with Crippen molar-refractivity contribution in [3.8, 4) is 0 Å². The zero-order valence-electron chi connectivity index (χ0n) is 22.7. The first kappa shape index (κ1) is 32.3. The second kappa shape index (κ2) is 15.7. The number of nitrogens with two attached hydrogens (primary N) is 1. The molecular weight excluding hydrogens is 629 g/mol. The highest BCUT2D eigenvalue weighted by molar-refractivity contribution is 8.13. The fourth-order valence-electron chi connectivity index (χ4n) is 3.85. The topological polar surface area (TPSA) is 119 Å². The Balaban J connectivity index is 1.51. The molecule has 4 N–H and O–H groups in total. The molecular formula is C31H28Cl3N5O3S. The van der Waals surface area contributed by atoms with Crippen molar-refractivity contribution in [3.63, 3.8) is 0 Å². The number of aromatic nitrogens is 1. The van der Waals surface area contributed by atoms with Gasteiger partial charge in [-0.05, 0) is 47.5 Å². The summed E-state index contributed by atoms with van der Waals surface area (Å²) in [7, 11) is 0. The number of benzene rings is 3. The molecule has 0 fully saturated rings. The number of nitrogens with one attached hydrogen (secondary N) is 2. The smallest absolute Gasteiger partial charge is 0.324 e. The number of amides is 1. The Bertz CT molecular complexity index is 1580. The predicted octanol–water partition coefficient (Wildman–Crippen LogP) is 6.14. The fourth-order valence-corrected chi connectivity index (χ4v) is 4.82. The Morgan fingerprint density at radius 1 is 0.953 bits per heavy atom. The number of esters is 1. The second-order valence-corrected chi connectivity index (χ2v) is 12.4. The monoisotopic (exact) mass is 655 g/mol. The van der Waals surface area contributed by atoms with Crippen LogP contribution in [0.4, 0.5) is 5.69 Å². The minimum absolute atomic E-state index is 0.153. The lowest BCUT2D eigenvalue weighted by atomic mass is 10.1. The van der Waals surface area contributed by atoms with Gasteiger partial charge in [-0.2, -0.15) is 0 Å². The average molecular weight is 657 g/mol. The van der Waals surface area contributed by atoms with E-state index in [1.807, 2.05) is 84.9 Å². The lowest BCUT2D eigenvalue weighted by Gasteiger charge is -2.27. The molecule has 0 radical (unpaired) electrons. The van der Waals surface area contributed by atoms with E-state index in [-0.39, 0.29) is 11.1 Å². The third-order valence-electron chi connectivity index (χ3n) is 5.94. The highest BCUT2D eigenvalue weighted by Crippen LogP contribution is 2.30. The summed E-state index contributed by atoms with van der Waals surface area (Å²) in [6, 6.07) is 27.0. The third-order valence-corrected chi connectivity index (χ3v) is 7.31. The quantitative estimate of drug-likeness (QED) is 0.0469. The molecule has 4 aromatic rings. The van der Waals surface area contributed by atoms with Crippen LogP contribution in [-0.2, 0) is 20.7 Å². The minimum Gasteiger partial charge on any atom is -0.453 e. The zero-order valence-corrected chi connectivity index (χ0v) is 25.8. The number of alkyl halides is 3. The SMILES string of the molecule is N[C@@H](Cc1ccccc1)C(=O)OCS/C(=N/c1cccc2cccnc12)NC(NC(=O)/C=C/c1ccccc1)C(Cl)(Cl)Cl. The average Bonchev–Trinajstić information content (AvgIpc) is 3.00. The van der Waals surface area contributed by atoms with Gasteiger partial charge >= 0.3 is 5.97 Å². The molecule has 12 heteroatoms. The molecule has 43 heavy (non-hydrogen) atoms. The van der Waals surface area contributed by atoms with Crippen molar-refractivity contribution in [2.24, 2.45) is 10.7 Å². The van der Waals surface area contributed by atoms with Gasteiger partial charge in [0, 0.05) is 17.7 Å². The van der Waals surface area contributed by atoms with Crippen molar-refractivity contribution in [1.29, 1.82) is 0 Å². The molecule has 3 aromatic carbocycles. The van der Waals surface area contributed by atoms with Crippen LogP contribution < -0.4 is 16.4 Å². The van der Waals surface area contributed by atoms with Crippen LogP contribution >= 0.6 is 46.6 Å². The lowest BCUT2D eigenvalue weighted by Crippen LogP contribution is -2.54. The molecule has 0 aliphatic heterocycles. The van der Waals surface area contributed by atoms with Crippen LogP contribution in [-0.4, -0.2) is 44.0 Å². The number of carbonyl (C=O) groups excluding carboxylic acids is 2. The van der Waals surface area contributed by atoms with E-state index >= 15 is 0 Å². The number of pyridine rings is 1. The number of ether oxygens (including phenoxy) is 1. The van der Waals surface area contributed by atoms with Gasteiger partial charge in [0.1, 0.15) is 18.1 Å². The molecule has 1 heterocycles. The number of carbonyl (C=O) groups is 2. The van der Waals surface area contributed by atoms with E-state index in [1.165, 1.54) is 6.08 Å². The van der Waals surface area contributed by atoms with Crippen molar-refractivity contribution in [3.05, 3.63) is 114 Å². The Hall–Kier alpha value is -3.60. The summed E-state index contributed by atoms with van der Waals surface area (Å²) in [5.41, 5.74) is 8.95. The molecule has 1 amide bonds. The number of fused-ring (bicyclic) bond motifs is 1. The lowest BCUT2D eigenvalue weighted by molar-refractivity contribution is -0.142. The number of hydrogen-bond acceptors (Lipinski definition) is 7. The highest BCUT2D eigenvalue weighted by atomic mass is 35.6. The number of amidine groups is 1. The molecule has 0 bridgehead atoms. The van der Waals surface area contributed by atoms with Crippen molar-refractivity contribution in [2.45, 2.75) is 22.4 Å². The molecule has 0 saturated carbocycles. The molecule has 222 valence electrons. The normalized spacial score (nSPS) is 13.4. The fraction of sp³-hybridized carbons (Fsp3) is 0.161. The molecule has 0 aliphatic carbocycles. The largest absolute Gasteiger partial charge is 0.453 e. The molecule has 0 spiro atoms. The first-order valence-corrected chi connectivity index (χ1v) is 15.2. The molecule has 8 nitrogen and oxygen atoms in total. The number of rotatable bonds is 10. The molecule has 4 rings (SSSR count). The van der Waals surface area contributed by atoms with E-state index < -0.39 is 27.9 Å². The number of nitrogens with zero attached hydrogens (tertiary/aromatic N) is 2. The maximum absolute atomic E-state index is 12.8. The van der Waals surface area contributed by atoms with E-state index in [9.17, 15) is 9.59 Å². The predicted molar refractivity (Wildman–Crippen MR) is 176 cm³/mol. The van der Waals surface area contributed by atoms with Crippen molar-refractivity contribution >= 4 is 86.3 Å². The standard InChI is InChI=1S/C31H28Cl3N5O3S/c32-31(33,34)29(38-26(40)17-16-21-9-3-1-4-10-21)39-30(37-25-15-7-13-23-14-8-18-36-27(23)25)43-20-42-28(41)24(35)19-22-11-5-2-6-12-22/h1-18,24,29H,19-20,35H2,(H,37,39)(H,38,40)/b17-16+/t24-,29?/m0/s1. The summed E-state index contributed by atoms with van der Waals surface area (Å²) in [5.74, 6) is -1.25. The number of aliphatic imine (C=N–C) groups is 1. The van der Waals surface area contributed by atoms with Gasteiger partial charge in [0.05, 0.1) is 11.2 Å². The van der Waals surface area contributed by atoms with Crippen molar-refractivity contribution in [1.82, 2.24) is 15.6 Å². The summed E-state index contributed by atoms with van der Waals surface area (Å²) in [4.78, 5) is 34.5. The third kappa shape index (κ3) is 10.3. The summed E-state index contributed by atoms with van der Waals surface area (Å²) < 4.78 is 3.45. The van der Waals surface area contributed by atoms with Gasteiger partial charge in [-0.3, -0.25) is 14.6 Å². The second-order valence-electron chi connectivity index (χ2n) is 9.16. The Labute approximate surface area is 268 Å². The van der Waals surface area contributed by atoms with Gasteiger partial charge in [-0.15, -0.1) is 0 Å². The van der Waals surface area contributed by atoms with Crippen LogP contribution in [0.3, 0.4) is 0 Å². The molecule has 0 saturated heterocycles. The minimum atomic E-state index is -1.98. The first-order valence-electron chi connectivity index (χ1n) is 13.1. The van der Waals surface area contributed by atoms with Gasteiger partial charge < -0.3 is 21.1 Å². The van der Waals surface area contributed by atoms with Crippen LogP contribution in [0.15, 0.2) is 108 Å². The van der Waals surface area contributed by atoms with Gasteiger partial charge in [-0.1, -0.05) is 114 Å². The number of halogens is 3. The molecule has 1 unspecified atom stereocenters. The maximum atomic E-state index is 12.8. The van der Waals surface area contributed by atoms with E-state index in [0.717, 1.165) is 28.3 Å². The summed E-state index contributed by atoms with van der Waals surface area (Å²) in [5, 5.41) is 6.70.